The lowest BCUT2D eigenvalue weighted by Gasteiger charge is -2.06. The van der Waals surface area contributed by atoms with Crippen LogP contribution in [0.3, 0.4) is 0 Å². The summed E-state index contributed by atoms with van der Waals surface area (Å²) in [5.41, 5.74) is 1.61. The van der Waals surface area contributed by atoms with Crippen LogP contribution in [0, 0.1) is 0 Å². The molecule has 0 saturated carbocycles. The molecular weight excluding hydrogens is 315 g/mol. The molecule has 0 bridgehead atoms. The molecule has 0 saturated heterocycles. The van der Waals surface area contributed by atoms with Gasteiger partial charge in [-0.3, -0.25) is 10.1 Å². The second kappa shape index (κ2) is 5.72. The van der Waals surface area contributed by atoms with E-state index in [9.17, 15) is 4.79 Å². The van der Waals surface area contributed by atoms with E-state index >= 15 is 0 Å². The summed E-state index contributed by atoms with van der Waals surface area (Å²) in [5, 5.41) is 4.30. The van der Waals surface area contributed by atoms with Gasteiger partial charge in [-0.2, -0.15) is 0 Å². The van der Waals surface area contributed by atoms with Gasteiger partial charge in [0.1, 0.15) is 0 Å². The number of rotatable bonds is 2. The SMILES string of the molecule is O=C(Nc1nc2c(s1)CCCC2)c1ccc(Cl)c(Cl)c1. The van der Waals surface area contributed by atoms with E-state index in [0.29, 0.717) is 20.7 Å². The topological polar surface area (TPSA) is 42.0 Å². The first kappa shape index (κ1) is 13.9. The number of benzene rings is 1. The molecule has 1 aromatic carbocycles. The van der Waals surface area contributed by atoms with Crippen molar-refractivity contribution in [3.8, 4) is 0 Å². The van der Waals surface area contributed by atoms with Crippen LogP contribution in [0.2, 0.25) is 10.0 Å². The van der Waals surface area contributed by atoms with E-state index in [1.54, 1.807) is 29.5 Å². The number of nitrogens with zero attached hydrogens (tertiary/aromatic N) is 1. The van der Waals surface area contributed by atoms with E-state index < -0.39 is 0 Å². The fourth-order valence-corrected chi connectivity index (χ4v) is 3.56. The summed E-state index contributed by atoms with van der Waals surface area (Å²) in [5.74, 6) is -0.213. The number of fused-ring (bicyclic) bond motifs is 1. The quantitative estimate of drug-likeness (QED) is 0.877. The van der Waals surface area contributed by atoms with Crippen molar-refractivity contribution in [1.82, 2.24) is 4.98 Å². The number of nitrogens with one attached hydrogen (secondary N) is 1. The van der Waals surface area contributed by atoms with Crippen LogP contribution in [0.5, 0.6) is 0 Å². The second-order valence-electron chi connectivity index (χ2n) is 4.68. The lowest BCUT2D eigenvalue weighted by Crippen LogP contribution is -2.11. The average molecular weight is 327 g/mol. The Morgan fingerprint density at radius 1 is 1.20 bits per heavy atom. The average Bonchev–Trinajstić information content (AvgIpc) is 2.83. The largest absolute Gasteiger partial charge is 0.298 e. The van der Waals surface area contributed by atoms with Gasteiger partial charge < -0.3 is 0 Å². The molecule has 0 spiro atoms. The first-order valence-corrected chi connectivity index (χ1v) is 7.96. The first-order chi connectivity index (χ1) is 9.63. The third-order valence-corrected chi connectivity index (χ3v) is 5.06. The predicted molar refractivity (Wildman–Crippen MR) is 83.2 cm³/mol. The van der Waals surface area contributed by atoms with Crippen molar-refractivity contribution in [2.24, 2.45) is 0 Å². The Bertz CT molecular complexity index is 646. The number of hydrogen-bond donors (Lipinski definition) is 1. The number of carbonyl (C=O) groups is 1. The molecule has 1 N–H and O–H groups in total. The van der Waals surface area contributed by atoms with Crippen LogP contribution >= 0.6 is 34.5 Å². The zero-order valence-electron chi connectivity index (χ0n) is 10.6. The minimum absolute atomic E-state index is 0.213. The molecule has 104 valence electrons. The summed E-state index contributed by atoms with van der Waals surface area (Å²) in [6.45, 7) is 0. The van der Waals surface area contributed by atoms with Crippen molar-refractivity contribution < 1.29 is 4.79 Å². The second-order valence-corrected chi connectivity index (χ2v) is 6.58. The standard InChI is InChI=1S/C14H12Cl2N2OS/c15-9-6-5-8(7-10(9)16)13(19)18-14-17-11-3-1-2-4-12(11)20-14/h5-7H,1-4H2,(H,17,18,19). The van der Waals surface area contributed by atoms with Crippen molar-refractivity contribution in [3.05, 3.63) is 44.4 Å². The fourth-order valence-electron chi connectivity index (χ4n) is 2.21. The van der Waals surface area contributed by atoms with E-state index in [2.05, 4.69) is 10.3 Å². The molecule has 3 nitrogen and oxygen atoms in total. The number of aryl methyl sites for hydroxylation is 2. The van der Waals surface area contributed by atoms with E-state index in [1.807, 2.05) is 0 Å². The maximum Gasteiger partial charge on any atom is 0.257 e. The number of aromatic nitrogens is 1. The highest BCUT2D eigenvalue weighted by Gasteiger charge is 2.17. The van der Waals surface area contributed by atoms with E-state index in [-0.39, 0.29) is 5.91 Å². The first-order valence-electron chi connectivity index (χ1n) is 6.38. The third kappa shape index (κ3) is 2.82. The maximum atomic E-state index is 12.1. The van der Waals surface area contributed by atoms with Crippen molar-refractivity contribution in [2.45, 2.75) is 25.7 Å². The molecule has 1 aliphatic rings. The summed E-state index contributed by atoms with van der Waals surface area (Å²) in [7, 11) is 0. The third-order valence-electron chi connectivity index (χ3n) is 3.25. The Hall–Kier alpha value is -1.10. The number of hydrogen-bond acceptors (Lipinski definition) is 3. The molecule has 1 aliphatic carbocycles. The highest BCUT2D eigenvalue weighted by Crippen LogP contribution is 2.30. The molecule has 1 aromatic heterocycles. The molecule has 0 fully saturated rings. The van der Waals surface area contributed by atoms with Gasteiger partial charge >= 0.3 is 0 Å². The highest BCUT2D eigenvalue weighted by molar-refractivity contribution is 7.15. The Labute approximate surface area is 130 Å². The summed E-state index contributed by atoms with van der Waals surface area (Å²) in [6.07, 6.45) is 4.45. The molecule has 3 rings (SSSR count). The minimum atomic E-state index is -0.213. The van der Waals surface area contributed by atoms with Gasteiger partial charge in [0.25, 0.3) is 5.91 Å². The molecule has 0 aliphatic heterocycles. The van der Waals surface area contributed by atoms with Crippen LogP contribution in [-0.4, -0.2) is 10.9 Å². The van der Waals surface area contributed by atoms with Crippen LogP contribution < -0.4 is 5.32 Å². The van der Waals surface area contributed by atoms with Gasteiger partial charge in [-0.25, -0.2) is 4.98 Å². The Morgan fingerprint density at radius 2 is 2.00 bits per heavy atom. The van der Waals surface area contributed by atoms with Crippen LogP contribution in [0.15, 0.2) is 18.2 Å². The fraction of sp³-hybridized carbons (Fsp3) is 0.286. The van der Waals surface area contributed by atoms with Crippen LogP contribution in [0.25, 0.3) is 0 Å². The van der Waals surface area contributed by atoms with Crippen LogP contribution in [0.1, 0.15) is 33.8 Å². The summed E-state index contributed by atoms with van der Waals surface area (Å²) >= 11 is 13.3. The zero-order valence-corrected chi connectivity index (χ0v) is 12.9. The van der Waals surface area contributed by atoms with Crippen molar-refractivity contribution in [3.63, 3.8) is 0 Å². The number of halogens is 2. The lowest BCUT2D eigenvalue weighted by molar-refractivity contribution is 0.102. The lowest BCUT2D eigenvalue weighted by atomic mass is 10.0. The molecule has 0 radical (unpaired) electrons. The Balaban J connectivity index is 1.78. The monoisotopic (exact) mass is 326 g/mol. The van der Waals surface area contributed by atoms with Gasteiger partial charge in [0, 0.05) is 10.4 Å². The number of amides is 1. The molecular formula is C14H12Cl2N2OS. The molecule has 0 atom stereocenters. The van der Waals surface area contributed by atoms with Crippen molar-refractivity contribution in [1.29, 1.82) is 0 Å². The molecule has 1 heterocycles. The van der Waals surface area contributed by atoms with E-state index in [0.717, 1.165) is 18.5 Å². The zero-order chi connectivity index (χ0) is 14.1. The van der Waals surface area contributed by atoms with Crippen LogP contribution in [0.4, 0.5) is 5.13 Å². The maximum absolute atomic E-state index is 12.1. The summed E-state index contributed by atoms with van der Waals surface area (Å²) in [4.78, 5) is 17.9. The van der Waals surface area contributed by atoms with E-state index in [1.165, 1.54) is 17.7 Å². The number of carbonyl (C=O) groups excluding carboxylic acids is 1. The van der Waals surface area contributed by atoms with Crippen molar-refractivity contribution in [2.75, 3.05) is 5.32 Å². The Kier molecular flexibility index (Phi) is 3.96. The van der Waals surface area contributed by atoms with Crippen molar-refractivity contribution >= 4 is 45.6 Å². The highest BCUT2D eigenvalue weighted by atomic mass is 35.5. The number of anilines is 1. The molecule has 20 heavy (non-hydrogen) atoms. The van der Waals surface area contributed by atoms with E-state index in [4.69, 9.17) is 23.2 Å². The van der Waals surface area contributed by atoms with Gasteiger partial charge in [-0.15, -0.1) is 11.3 Å². The summed E-state index contributed by atoms with van der Waals surface area (Å²) < 4.78 is 0. The van der Waals surface area contributed by atoms with Gasteiger partial charge in [0.15, 0.2) is 5.13 Å². The van der Waals surface area contributed by atoms with Crippen LogP contribution in [-0.2, 0) is 12.8 Å². The molecule has 0 unspecified atom stereocenters. The van der Waals surface area contributed by atoms with Gasteiger partial charge in [-0.05, 0) is 43.9 Å². The molecule has 2 aromatic rings. The smallest absolute Gasteiger partial charge is 0.257 e. The normalized spacial score (nSPS) is 13.9. The molecule has 6 heteroatoms. The van der Waals surface area contributed by atoms with Gasteiger partial charge in [-0.1, -0.05) is 23.2 Å². The molecule has 1 amide bonds. The van der Waals surface area contributed by atoms with Gasteiger partial charge in [0.05, 0.1) is 15.7 Å². The predicted octanol–water partition coefficient (Wildman–Crippen LogP) is 4.58. The minimum Gasteiger partial charge on any atom is -0.298 e. The summed E-state index contributed by atoms with van der Waals surface area (Å²) in [6, 6.07) is 4.83. The Morgan fingerprint density at radius 3 is 2.75 bits per heavy atom. The van der Waals surface area contributed by atoms with Gasteiger partial charge in [0.2, 0.25) is 0 Å². The number of thiazole rings is 1.